The normalized spacial score (nSPS) is 15.6. The van der Waals surface area contributed by atoms with Crippen molar-refractivity contribution in [3.63, 3.8) is 0 Å². The average molecular weight is 471 g/mol. The molecule has 0 radical (unpaired) electrons. The Bertz CT molecular complexity index is 948. The molecule has 2 aromatic heterocycles. The zero-order valence-corrected chi connectivity index (χ0v) is 19.3. The lowest BCUT2D eigenvalue weighted by atomic mass is 9.95. The van der Waals surface area contributed by atoms with Gasteiger partial charge in [-0.15, -0.1) is 11.3 Å². The second-order valence-electron chi connectivity index (χ2n) is 8.84. The number of aryl methyl sites for hydroxylation is 1. The van der Waals surface area contributed by atoms with Crippen molar-refractivity contribution in [2.75, 3.05) is 11.9 Å². The predicted octanol–water partition coefficient (Wildman–Crippen LogP) is 5.17. The molecule has 0 atom stereocenters. The molecule has 0 unspecified atom stereocenters. The lowest BCUT2D eigenvalue weighted by Gasteiger charge is -2.24. The van der Waals surface area contributed by atoms with Gasteiger partial charge in [-0.1, -0.05) is 19.3 Å². The van der Waals surface area contributed by atoms with Gasteiger partial charge in [0, 0.05) is 24.3 Å². The fraction of sp³-hybridized carbons (Fsp3) is 0.591. The number of halogens is 3. The van der Waals surface area contributed by atoms with E-state index in [0.29, 0.717) is 12.1 Å². The van der Waals surface area contributed by atoms with Crippen LogP contribution in [0.2, 0.25) is 0 Å². The van der Waals surface area contributed by atoms with Crippen molar-refractivity contribution in [1.29, 1.82) is 0 Å². The topological polar surface area (TPSA) is 87.1 Å². The van der Waals surface area contributed by atoms with E-state index < -0.39 is 23.2 Å². The molecule has 0 aromatic carbocycles. The van der Waals surface area contributed by atoms with Gasteiger partial charge in [0.2, 0.25) is 0 Å². The summed E-state index contributed by atoms with van der Waals surface area (Å²) in [6, 6.07) is 1.18. The molecule has 1 saturated carbocycles. The highest BCUT2D eigenvalue weighted by Crippen LogP contribution is 2.41. The number of thiazole rings is 1. The quantitative estimate of drug-likeness (QED) is 0.520. The second kappa shape index (κ2) is 9.74. The van der Waals surface area contributed by atoms with Crippen LogP contribution in [0, 0.1) is 6.92 Å². The van der Waals surface area contributed by atoms with E-state index in [2.05, 4.69) is 20.6 Å². The maximum Gasteiger partial charge on any atom is 0.417 e. The molecule has 1 amide bonds. The number of anilines is 1. The van der Waals surface area contributed by atoms with Gasteiger partial charge in [0.25, 0.3) is 5.91 Å². The summed E-state index contributed by atoms with van der Waals surface area (Å²) >= 11 is 0.904. The number of carbonyl (C=O) groups is 1. The van der Waals surface area contributed by atoms with E-state index in [-0.39, 0.29) is 33.9 Å². The number of carbonyl (C=O) groups excluding carboxylic acids is 1. The number of aliphatic hydroxyl groups is 1. The molecule has 1 fully saturated rings. The van der Waals surface area contributed by atoms with E-state index in [1.54, 1.807) is 20.8 Å². The van der Waals surface area contributed by atoms with Crippen LogP contribution in [-0.4, -0.2) is 39.2 Å². The van der Waals surface area contributed by atoms with E-state index >= 15 is 0 Å². The highest BCUT2D eigenvalue weighted by atomic mass is 32.1. The summed E-state index contributed by atoms with van der Waals surface area (Å²) in [4.78, 5) is 21.1. The zero-order valence-electron chi connectivity index (χ0n) is 18.5. The molecule has 0 bridgehead atoms. The summed E-state index contributed by atoms with van der Waals surface area (Å²) < 4.78 is 41.7. The standard InChI is InChI=1S/C22H29F3N4O2S/c1-13-18(32-20(28-13)19(30)26-10-9-21(2,3)31)15-12-27-17(11-16(15)22(23,24)25)29-14-7-5-4-6-8-14/h11-12,14,31H,4-10H2,1-3H3,(H,26,30)(H,27,29). The van der Waals surface area contributed by atoms with Crippen molar-refractivity contribution in [3.05, 3.63) is 28.5 Å². The van der Waals surface area contributed by atoms with E-state index in [1.165, 1.54) is 6.20 Å². The summed E-state index contributed by atoms with van der Waals surface area (Å²) in [6.07, 6.45) is 2.09. The van der Waals surface area contributed by atoms with E-state index in [9.17, 15) is 23.1 Å². The van der Waals surface area contributed by atoms with Crippen LogP contribution in [0.15, 0.2) is 12.3 Å². The van der Waals surface area contributed by atoms with Crippen molar-refractivity contribution in [2.24, 2.45) is 0 Å². The van der Waals surface area contributed by atoms with Gasteiger partial charge < -0.3 is 15.7 Å². The number of rotatable bonds is 7. The summed E-state index contributed by atoms with van der Waals surface area (Å²) in [5.74, 6) is -0.273. The molecule has 0 aliphatic heterocycles. The van der Waals surface area contributed by atoms with Crippen LogP contribution in [0.4, 0.5) is 19.0 Å². The fourth-order valence-corrected chi connectivity index (χ4v) is 4.71. The van der Waals surface area contributed by atoms with Crippen LogP contribution in [0.1, 0.15) is 73.4 Å². The minimum Gasteiger partial charge on any atom is -0.390 e. The van der Waals surface area contributed by atoms with Gasteiger partial charge in [0.15, 0.2) is 5.01 Å². The van der Waals surface area contributed by atoms with Gasteiger partial charge in [-0.2, -0.15) is 13.2 Å². The molecule has 1 aliphatic rings. The molecule has 3 N–H and O–H groups in total. The Hall–Kier alpha value is -2.20. The molecule has 6 nitrogen and oxygen atoms in total. The Kier molecular flexibility index (Phi) is 7.44. The second-order valence-corrected chi connectivity index (χ2v) is 9.84. The summed E-state index contributed by atoms with van der Waals surface area (Å²) in [7, 11) is 0. The summed E-state index contributed by atoms with van der Waals surface area (Å²) in [5.41, 5.74) is -1.48. The lowest BCUT2D eigenvalue weighted by Crippen LogP contribution is -2.30. The Morgan fingerprint density at radius 1 is 1.25 bits per heavy atom. The molecule has 3 rings (SSSR count). The highest BCUT2D eigenvalue weighted by Gasteiger charge is 2.36. The minimum atomic E-state index is -4.58. The predicted molar refractivity (Wildman–Crippen MR) is 119 cm³/mol. The molecular formula is C22H29F3N4O2S. The molecule has 0 spiro atoms. The number of alkyl halides is 3. The first-order valence-corrected chi connectivity index (χ1v) is 11.6. The molecule has 1 aliphatic carbocycles. The summed E-state index contributed by atoms with van der Waals surface area (Å²) in [6.45, 7) is 5.06. The van der Waals surface area contributed by atoms with Gasteiger partial charge >= 0.3 is 6.18 Å². The first kappa shape index (κ1) is 24.4. The molecule has 32 heavy (non-hydrogen) atoms. The summed E-state index contributed by atoms with van der Waals surface area (Å²) in [5, 5.41) is 15.6. The number of pyridine rings is 1. The first-order chi connectivity index (χ1) is 14.9. The maximum atomic E-state index is 13.9. The van der Waals surface area contributed by atoms with Crippen molar-refractivity contribution in [2.45, 2.75) is 77.1 Å². The van der Waals surface area contributed by atoms with Gasteiger partial charge in [0.05, 0.1) is 21.7 Å². The molecular weight excluding hydrogens is 441 g/mol. The van der Waals surface area contributed by atoms with Gasteiger partial charge in [-0.3, -0.25) is 4.79 Å². The SMILES string of the molecule is Cc1nc(C(=O)NCCC(C)(C)O)sc1-c1cnc(NC2CCCCC2)cc1C(F)(F)F. The molecule has 2 heterocycles. The van der Waals surface area contributed by atoms with Gasteiger partial charge in [-0.25, -0.2) is 9.97 Å². The minimum absolute atomic E-state index is 0.0748. The van der Waals surface area contributed by atoms with Crippen LogP contribution in [0.5, 0.6) is 0 Å². The fourth-order valence-electron chi connectivity index (χ4n) is 3.71. The van der Waals surface area contributed by atoms with Crippen molar-refractivity contribution in [1.82, 2.24) is 15.3 Å². The molecule has 0 saturated heterocycles. The molecule has 2 aromatic rings. The smallest absolute Gasteiger partial charge is 0.390 e. The Balaban J connectivity index is 1.84. The van der Waals surface area contributed by atoms with Crippen molar-refractivity contribution in [3.8, 4) is 10.4 Å². The third-order valence-corrected chi connectivity index (χ3v) is 6.61. The van der Waals surface area contributed by atoms with Crippen molar-refractivity contribution < 1.29 is 23.1 Å². The third kappa shape index (κ3) is 6.41. The molecule has 10 heteroatoms. The van der Waals surface area contributed by atoms with Crippen LogP contribution >= 0.6 is 11.3 Å². The van der Waals surface area contributed by atoms with Crippen molar-refractivity contribution >= 4 is 23.1 Å². The van der Waals surface area contributed by atoms with E-state index in [4.69, 9.17) is 0 Å². The average Bonchev–Trinajstić information content (AvgIpc) is 3.09. The number of nitrogens with zero attached hydrogens (tertiary/aromatic N) is 2. The van der Waals surface area contributed by atoms with Gasteiger partial charge in [0.1, 0.15) is 5.82 Å². The first-order valence-electron chi connectivity index (χ1n) is 10.8. The number of nitrogens with one attached hydrogen (secondary N) is 2. The molecule has 176 valence electrons. The van der Waals surface area contributed by atoms with Crippen LogP contribution < -0.4 is 10.6 Å². The van der Waals surface area contributed by atoms with E-state index in [1.807, 2.05) is 0 Å². The monoisotopic (exact) mass is 470 g/mol. The maximum absolute atomic E-state index is 13.9. The van der Waals surface area contributed by atoms with Gasteiger partial charge in [-0.05, 0) is 46.1 Å². The van der Waals surface area contributed by atoms with Crippen LogP contribution in [0.25, 0.3) is 10.4 Å². The largest absolute Gasteiger partial charge is 0.417 e. The zero-order chi connectivity index (χ0) is 23.5. The lowest BCUT2D eigenvalue weighted by molar-refractivity contribution is -0.137. The third-order valence-electron chi connectivity index (χ3n) is 5.42. The highest BCUT2D eigenvalue weighted by molar-refractivity contribution is 7.17. The van der Waals surface area contributed by atoms with Crippen LogP contribution in [-0.2, 0) is 6.18 Å². The van der Waals surface area contributed by atoms with E-state index in [0.717, 1.165) is 49.5 Å². The number of hydrogen-bond acceptors (Lipinski definition) is 6. The Morgan fingerprint density at radius 3 is 2.56 bits per heavy atom. The van der Waals surface area contributed by atoms with Crippen LogP contribution in [0.3, 0.4) is 0 Å². The number of amides is 1. The Morgan fingerprint density at radius 2 is 1.94 bits per heavy atom. The number of hydrogen-bond donors (Lipinski definition) is 3. The Labute approximate surface area is 189 Å². The number of aromatic nitrogens is 2.